The standard InChI is InChI=1S/C11H15N3O2/c12-7-13-11(16)8-5-10(15)14(6-8)9-3-1-2-4-9/h8-9H,1-6H2,(H,13,16). The number of rotatable bonds is 2. The predicted octanol–water partition coefficient (Wildman–Crippen LogP) is 0.375. The predicted molar refractivity (Wildman–Crippen MR) is 55.8 cm³/mol. The molecule has 0 bridgehead atoms. The lowest BCUT2D eigenvalue weighted by molar-refractivity contribution is -0.130. The maximum atomic E-state index is 11.7. The number of hydrogen-bond donors (Lipinski definition) is 1. The third-order valence-electron chi connectivity index (χ3n) is 3.47. The molecule has 1 aliphatic heterocycles. The first kappa shape index (κ1) is 10.9. The molecular formula is C11H15N3O2. The highest BCUT2D eigenvalue weighted by Gasteiger charge is 2.38. The van der Waals surface area contributed by atoms with Crippen molar-refractivity contribution < 1.29 is 9.59 Å². The van der Waals surface area contributed by atoms with Gasteiger partial charge in [-0.2, -0.15) is 5.26 Å². The third-order valence-corrected chi connectivity index (χ3v) is 3.47. The summed E-state index contributed by atoms with van der Waals surface area (Å²) in [6.07, 6.45) is 6.32. The number of carbonyl (C=O) groups excluding carboxylic acids is 2. The van der Waals surface area contributed by atoms with Crippen molar-refractivity contribution in [2.45, 2.75) is 38.1 Å². The van der Waals surface area contributed by atoms with Crippen LogP contribution in [0.3, 0.4) is 0 Å². The van der Waals surface area contributed by atoms with Crippen LogP contribution in [0, 0.1) is 17.4 Å². The smallest absolute Gasteiger partial charge is 0.238 e. The first-order valence-corrected chi connectivity index (χ1v) is 5.71. The Bertz CT molecular complexity index is 342. The van der Waals surface area contributed by atoms with Gasteiger partial charge in [0.2, 0.25) is 11.8 Å². The van der Waals surface area contributed by atoms with Crippen LogP contribution in [0.1, 0.15) is 32.1 Å². The van der Waals surface area contributed by atoms with Crippen molar-refractivity contribution in [1.29, 1.82) is 5.26 Å². The molecule has 5 nitrogen and oxygen atoms in total. The molecule has 5 heteroatoms. The van der Waals surface area contributed by atoms with E-state index in [-0.39, 0.29) is 24.2 Å². The summed E-state index contributed by atoms with van der Waals surface area (Å²) in [7, 11) is 0. The second kappa shape index (κ2) is 4.52. The quantitative estimate of drug-likeness (QED) is 0.541. The lowest BCUT2D eigenvalue weighted by Crippen LogP contribution is -2.36. The summed E-state index contributed by atoms with van der Waals surface area (Å²) < 4.78 is 0. The van der Waals surface area contributed by atoms with Gasteiger partial charge < -0.3 is 4.90 Å². The van der Waals surface area contributed by atoms with E-state index in [1.165, 1.54) is 12.8 Å². The summed E-state index contributed by atoms with van der Waals surface area (Å²) in [4.78, 5) is 25.0. The van der Waals surface area contributed by atoms with E-state index < -0.39 is 0 Å². The summed E-state index contributed by atoms with van der Waals surface area (Å²) in [5, 5.41) is 10.5. The molecule has 86 valence electrons. The molecule has 1 saturated heterocycles. The first-order chi connectivity index (χ1) is 7.72. The Kier molecular flexibility index (Phi) is 3.09. The van der Waals surface area contributed by atoms with Gasteiger partial charge in [0.05, 0.1) is 5.92 Å². The molecule has 0 radical (unpaired) electrons. The number of hydrogen-bond acceptors (Lipinski definition) is 3. The van der Waals surface area contributed by atoms with Crippen molar-refractivity contribution >= 4 is 11.8 Å². The largest absolute Gasteiger partial charge is 0.339 e. The number of likely N-dealkylation sites (tertiary alicyclic amines) is 1. The highest BCUT2D eigenvalue weighted by molar-refractivity contribution is 5.89. The molecule has 1 atom stereocenters. The topological polar surface area (TPSA) is 73.2 Å². The molecule has 0 aromatic heterocycles. The zero-order valence-corrected chi connectivity index (χ0v) is 9.11. The molecule has 0 aromatic carbocycles. The van der Waals surface area contributed by atoms with Crippen LogP contribution in [0.15, 0.2) is 0 Å². The fourth-order valence-electron chi connectivity index (χ4n) is 2.63. The van der Waals surface area contributed by atoms with E-state index in [0.29, 0.717) is 12.6 Å². The summed E-state index contributed by atoms with van der Waals surface area (Å²) in [6, 6.07) is 0.326. The van der Waals surface area contributed by atoms with E-state index >= 15 is 0 Å². The monoisotopic (exact) mass is 221 g/mol. The zero-order valence-electron chi connectivity index (χ0n) is 9.11. The Balaban J connectivity index is 1.96. The molecule has 2 amide bonds. The average molecular weight is 221 g/mol. The van der Waals surface area contributed by atoms with Gasteiger partial charge in [-0.3, -0.25) is 14.9 Å². The summed E-state index contributed by atoms with van der Waals surface area (Å²) >= 11 is 0. The molecule has 1 heterocycles. The highest BCUT2D eigenvalue weighted by Crippen LogP contribution is 2.29. The van der Waals surface area contributed by atoms with Crippen molar-refractivity contribution in [2.24, 2.45) is 5.92 Å². The number of nitrogens with zero attached hydrogens (tertiary/aromatic N) is 2. The van der Waals surface area contributed by atoms with Gasteiger partial charge >= 0.3 is 0 Å². The molecule has 1 aliphatic carbocycles. The van der Waals surface area contributed by atoms with E-state index in [2.05, 4.69) is 5.32 Å². The lowest BCUT2D eigenvalue weighted by atomic mass is 10.1. The van der Waals surface area contributed by atoms with Gasteiger partial charge in [-0.15, -0.1) is 0 Å². The molecule has 0 aromatic rings. The van der Waals surface area contributed by atoms with Crippen LogP contribution in [0.5, 0.6) is 0 Å². The van der Waals surface area contributed by atoms with Crippen molar-refractivity contribution in [2.75, 3.05) is 6.54 Å². The van der Waals surface area contributed by atoms with E-state index in [0.717, 1.165) is 12.8 Å². The lowest BCUT2D eigenvalue weighted by Gasteiger charge is -2.23. The number of carbonyl (C=O) groups is 2. The minimum absolute atomic E-state index is 0.0602. The van der Waals surface area contributed by atoms with Gasteiger partial charge in [0.1, 0.15) is 0 Å². The Morgan fingerprint density at radius 3 is 2.75 bits per heavy atom. The van der Waals surface area contributed by atoms with Crippen LogP contribution < -0.4 is 5.32 Å². The molecule has 1 N–H and O–H groups in total. The second-order valence-corrected chi connectivity index (χ2v) is 4.49. The number of nitriles is 1. The zero-order chi connectivity index (χ0) is 11.5. The van der Waals surface area contributed by atoms with Crippen LogP contribution in [0.2, 0.25) is 0 Å². The van der Waals surface area contributed by atoms with Crippen LogP contribution in [-0.2, 0) is 9.59 Å². The Morgan fingerprint density at radius 2 is 2.12 bits per heavy atom. The molecule has 1 unspecified atom stereocenters. The second-order valence-electron chi connectivity index (χ2n) is 4.49. The Hall–Kier alpha value is -1.57. The fraction of sp³-hybridized carbons (Fsp3) is 0.727. The van der Waals surface area contributed by atoms with Gasteiger partial charge in [-0.25, -0.2) is 0 Å². The van der Waals surface area contributed by atoms with Gasteiger partial charge in [0.25, 0.3) is 0 Å². The molecule has 2 rings (SSSR count). The molecule has 2 aliphatic rings. The minimum atomic E-state index is -0.340. The van der Waals surface area contributed by atoms with Crippen LogP contribution in [-0.4, -0.2) is 29.3 Å². The third kappa shape index (κ3) is 2.01. The van der Waals surface area contributed by atoms with Crippen molar-refractivity contribution in [1.82, 2.24) is 10.2 Å². The van der Waals surface area contributed by atoms with Crippen LogP contribution in [0.25, 0.3) is 0 Å². The molecule has 1 saturated carbocycles. The Morgan fingerprint density at radius 1 is 1.44 bits per heavy atom. The summed E-state index contributed by atoms with van der Waals surface area (Å²) in [6.45, 7) is 0.483. The summed E-state index contributed by atoms with van der Waals surface area (Å²) in [5.41, 5.74) is 0. The maximum Gasteiger partial charge on any atom is 0.238 e. The summed E-state index contributed by atoms with van der Waals surface area (Å²) in [5.74, 6) is -0.603. The minimum Gasteiger partial charge on any atom is -0.339 e. The maximum absolute atomic E-state index is 11.7. The molecule has 2 fully saturated rings. The van der Waals surface area contributed by atoms with Crippen LogP contribution in [0.4, 0.5) is 0 Å². The Labute approximate surface area is 94.4 Å². The first-order valence-electron chi connectivity index (χ1n) is 5.71. The van der Waals surface area contributed by atoms with E-state index in [1.54, 1.807) is 6.19 Å². The average Bonchev–Trinajstić information content (AvgIpc) is 2.86. The fourth-order valence-corrected chi connectivity index (χ4v) is 2.63. The van der Waals surface area contributed by atoms with Crippen molar-refractivity contribution in [3.8, 4) is 6.19 Å². The van der Waals surface area contributed by atoms with E-state index in [4.69, 9.17) is 5.26 Å². The number of amides is 2. The normalized spacial score (nSPS) is 25.8. The van der Waals surface area contributed by atoms with Gasteiger partial charge in [0.15, 0.2) is 6.19 Å². The SMILES string of the molecule is N#CNC(=O)C1CC(=O)N(C2CCCC2)C1. The molecular weight excluding hydrogens is 206 g/mol. The number of nitrogens with one attached hydrogen (secondary N) is 1. The molecule has 0 spiro atoms. The van der Waals surface area contributed by atoms with Gasteiger partial charge in [0, 0.05) is 19.0 Å². The molecule has 16 heavy (non-hydrogen) atoms. The van der Waals surface area contributed by atoms with E-state index in [1.807, 2.05) is 4.90 Å². The van der Waals surface area contributed by atoms with Gasteiger partial charge in [-0.05, 0) is 12.8 Å². The van der Waals surface area contributed by atoms with Gasteiger partial charge in [-0.1, -0.05) is 12.8 Å². The van der Waals surface area contributed by atoms with E-state index in [9.17, 15) is 9.59 Å². The van der Waals surface area contributed by atoms with Crippen LogP contribution >= 0.6 is 0 Å². The van der Waals surface area contributed by atoms with Crippen molar-refractivity contribution in [3.05, 3.63) is 0 Å². The van der Waals surface area contributed by atoms with Crippen molar-refractivity contribution in [3.63, 3.8) is 0 Å². The highest BCUT2D eigenvalue weighted by atomic mass is 16.2.